The van der Waals surface area contributed by atoms with Crippen LogP contribution in [0.2, 0.25) is 0 Å². The van der Waals surface area contributed by atoms with Gasteiger partial charge in [0.05, 0.1) is 66.9 Å². The average molecular weight is 1280 g/mol. The van der Waals surface area contributed by atoms with Crippen molar-refractivity contribution in [3.05, 3.63) is 340 Å². The largest absolute Gasteiger partial charge is 0.309 e. The highest BCUT2D eigenvalue weighted by molar-refractivity contribution is 6.14. The second-order valence-corrected chi connectivity index (χ2v) is 25.4. The fraction of sp³-hybridized carbons (Fsp3) is 0. The summed E-state index contributed by atoms with van der Waals surface area (Å²) in [5.74, 6) is 2.76. The van der Waals surface area contributed by atoms with Crippen LogP contribution in [0.4, 0.5) is 0 Å². The van der Waals surface area contributed by atoms with Crippen LogP contribution in [0, 0.1) is 0 Å². The average Bonchev–Trinajstić information content (AvgIpc) is 1.58. The second-order valence-electron chi connectivity index (χ2n) is 25.4. The van der Waals surface area contributed by atoms with E-state index in [1.54, 1.807) is 0 Å². The van der Waals surface area contributed by atoms with Crippen molar-refractivity contribution in [2.45, 2.75) is 0 Å². The summed E-state index contributed by atoms with van der Waals surface area (Å²) in [6.07, 6.45) is 0. The van der Waals surface area contributed by atoms with Crippen molar-refractivity contribution in [3.63, 3.8) is 0 Å². The highest BCUT2D eigenvalue weighted by atomic mass is 15.2. The summed E-state index contributed by atoms with van der Waals surface area (Å²) in [6.45, 7) is 0. The minimum Gasteiger partial charge on any atom is -0.309 e. The first-order valence-corrected chi connectivity index (χ1v) is 33.7. The lowest BCUT2D eigenvalue weighted by molar-refractivity contribution is 0.975. The van der Waals surface area contributed by atoms with Crippen molar-refractivity contribution >= 4 is 87.2 Å². The van der Waals surface area contributed by atoms with Gasteiger partial charge in [0.15, 0.2) is 5.82 Å². The molecule has 0 aliphatic rings. The van der Waals surface area contributed by atoms with E-state index in [4.69, 9.17) is 29.9 Å². The zero-order chi connectivity index (χ0) is 65.8. The van der Waals surface area contributed by atoms with Crippen molar-refractivity contribution in [1.82, 2.24) is 48.2 Å². The third-order valence-electron chi connectivity index (χ3n) is 19.6. The van der Waals surface area contributed by atoms with Gasteiger partial charge in [0.2, 0.25) is 11.8 Å². The molecule has 10 heteroatoms. The molecule has 0 bridgehead atoms. The molecule has 0 saturated heterocycles. The second kappa shape index (κ2) is 23.0. The molecule has 0 spiro atoms. The molecule has 0 fully saturated rings. The van der Waals surface area contributed by atoms with Crippen molar-refractivity contribution in [2.75, 3.05) is 0 Å². The van der Waals surface area contributed by atoms with Gasteiger partial charge in [-0.25, -0.2) is 29.9 Å². The van der Waals surface area contributed by atoms with Crippen LogP contribution in [-0.2, 0) is 0 Å². The van der Waals surface area contributed by atoms with Gasteiger partial charge in [-0.15, -0.1) is 0 Å². The third kappa shape index (κ3) is 9.34. The van der Waals surface area contributed by atoms with E-state index in [1.165, 1.54) is 16.3 Å². The molecule has 0 saturated carbocycles. The molecular weight excluding hydrogens is 1220 g/mol. The molecule has 0 radical (unpaired) electrons. The maximum Gasteiger partial charge on any atom is 0.235 e. The van der Waals surface area contributed by atoms with Gasteiger partial charge in [-0.3, -0.25) is 13.7 Å². The van der Waals surface area contributed by atoms with E-state index < -0.39 is 0 Å². The van der Waals surface area contributed by atoms with Gasteiger partial charge >= 0.3 is 0 Å². The van der Waals surface area contributed by atoms with Crippen LogP contribution in [0.1, 0.15) is 0 Å². The quantitative estimate of drug-likeness (QED) is 0.128. The van der Waals surface area contributed by atoms with E-state index >= 15 is 0 Å². The van der Waals surface area contributed by atoms with Gasteiger partial charge in [-0.05, 0) is 113 Å². The lowest BCUT2D eigenvalue weighted by atomic mass is 9.99. The first-order valence-electron chi connectivity index (χ1n) is 33.7. The Bertz CT molecular complexity index is 6540. The SMILES string of the molecule is c1ccc(-c2cc(-c3ccccc3)nc(-c3nc(-n4c5ccccc5c5ccccc54)cc(-n4c5ccccc5c5cc(-c6cccc(-c7cc(-c8ccccc8)nc(-n8c9ccccc9c9ccc(-c%10ccc%11c(c%10)c%10ccccc%10n%11-c%10ccccc%10)cc98)n7)c6)ccc54)n3)n2)cc1. The molecule has 0 amide bonds. The van der Waals surface area contributed by atoms with Crippen molar-refractivity contribution < 1.29 is 0 Å². The Labute approximate surface area is 574 Å². The Balaban J connectivity index is 0.733. The number of hydrogen-bond donors (Lipinski definition) is 0. The van der Waals surface area contributed by atoms with Gasteiger partial charge in [0.25, 0.3) is 0 Å². The van der Waals surface area contributed by atoms with Gasteiger partial charge < -0.3 is 4.57 Å². The Morgan fingerprint density at radius 2 is 0.500 bits per heavy atom. The van der Waals surface area contributed by atoms with Gasteiger partial charge in [0, 0.05) is 77.1 Å². The number of aromatic nitrogens is 10. The van der Waals surface area contributed by atoms with Crippen LogP contribution in [0.25, 0.3) is 189 Å². The fourth-order valence-corrected chi connectivity index (χ4v) is 15.1. The summed E-state index contributed by atoms with van der Waals surface area (Å²) in [6, 6.07) is 120. The summed E-state index contributed by atoms with van der Waals surface area (Å²) >= 11 is 0. The number of nitrogens with zero attached hydrogens (tertiary/aromatic N) is 10. The summed E-state index contributed by atoms with van der Waals surface area (Å²) in [5, 5.41) is 9.09. The lowest BCUT2D eigenvalue weighted by Gasteiger charge is -2.14. The topological polar surface area (TPSA) is 97.1 Å². The van der Waals surface area contributed by atoms with E-state index in [-0.39, 0.29) is 0 Å². The van der Waals surface area contributed by atoms with Gasteiger partial charge in [-0.1, -0.05) is 243 Å². The zero-order valence-electron chi connectivity index (χ0n) is 53.8. The Kier molecular flexibility index (Phi) is 13.0. The summed E-state index contributed by atoms with van der Waals surface area (Å²) in [4.78, 5) is 32.7. The zero-order valence-corrected chi connectivity index (χ0v) is 53.8. The minimum atomic E-state index is 0.396. The van der Waals surface area contributed by atoms with Crippen LogP contribution in [0.3, 0.4) is 0 Å². The lowest BCUT2D eigenvalue weighted by Crippen LogP contribution is -2.08. The third-order valence-corrected chi connectivity index (χ3v) is 19.6. The minimum absolute atomic E-state index is 0.396. The van der Waals surface area contributed by atoms with Crippen molar-refractivity contribution in [1.29, 1.82) is 0 Å². The molecule has 466 valence electrons. The van der Waals surface area contributed by atoms with E-state index in [1.807, 2.05) is 42.5 Å². The standard InChI is InChI=1S/C90H56N10/c1-5-24-57(25-6-1)74-54-75(58-26-7-2-8-27-58)92-88(91-74)89-95-86(98-79-40-19-13-34-66(79)67-35-14-20-41-80(67)98)56-87(96-89)99-81-42-21-17-38-70(81)73-51-61(46-49-84(73)99)60-30-23-31-64(50-60)77-55-76(59-28-9-3-10-29-59)93-90(94-77)100-82-43-22-15-36-68(82)71-47-44-63(53-85(71)100)62-45-48-83-72(52-62)69-37-16-18-39-78(69)97(83)65-32-11-4-12-33-65/h1-56H. The highest BCUT2D eigenvalue weighted by Crippen LogP contribution is 2.42. The molecule has 0 N–H and O–H groups in total. The monoisotopic (exact) mass is 1280 g/mol. The molecule has 7 heterocycles. The van der Waals surface area contributed by atoms with Crippen LogP contribution in [-0.4, -0.2) is 48.2 Å². The fourth-order valence-electron chi connectivity index (χ4n) is 15.1. The maximum atomic E-state index is 5.59. The van der Waals surface area contributed by atoms with Crippen LogP contribution >= 0.6 is 0 Å². The molecule has 13 aromatic carbocycles. The highest BCUT2D eigenvalue weighted by Gasteiger charge is 2.24. The van der Waals surface area contributed by atoms with E-state index in [0.717, 1.165) is 144 Å². The van der Waals surface area contributed by atoms with Crippen LogP contribution < -0.4 is 0 Å². The first kappa shape index (κ1) is 56.6. The number of fused-ring (bicyclic) bond motifs is 12. The molecule has 7 aromatic heterocycles. The normalized spacial score (nSPS) is 11.8. The molecular formula is C90H56N10. The number of benzene rings is 13. The van der Waals surface area contributed by atoms with Crippen LogP contribution in [0.5, 0.6) is 0 Å². The van der Waals surface area contributed by atoms with Gasteiger partial charge in [-0.2, -0.15) is 0 Å². The molecule has 100 heavy (non-hydrogen) atoms. The smallest absolute Gasteiger partial charge is 0.235 e. The number of para-hydroxylation sites is 6. The number of rotatable bonds is 11. The predicted molar refractivity (Wildman–Crippen MR) is 409 cm³/mol. The van der Waals surface area contributed by atoms with Crippen LogP contribution in [0.15, 0.2) is 340 Å². The van der Waals surface area contributed by atoms with Crippen molar-refractivity contribution in [2.24, 2.45) is 0 Å². The first-order chi connectivity index (χ1) is 49.6. The van der Waals surface area contributed by atoms with Crippen molar-refractivity contribution in [3.8, 4) is 102 Å². The Hall–Kier alpha value is -13.7. The van der Waals surface area contributed by atoms with E-state index in [2.05, 4.69) is 316 Å². The predicted octanol–water partition coefficient (Wildman–Crippen LogP) is 22.1. The summed E-state index contributed by atoms with van der Waals surface area (Å²) < 4.78 is 9.13. The molecule has 0 atom stereocenters. The molecule has 0 aliphatic carbocycles. The summed E-state index contributed by atoms with van der Waals surface area (Å²) in [5.41, 5.74) is 21.0. The Morgan fingerprint density at radius 3 is 1.00 bits per heavy atom. The van der Waals surface area contributed by atoms with E-state index in [9.17, 15) is 0 Å². The Morgan fingerprint density at radius 1 is 0.170 bits per heavy atom. The summed E-state index contributed by atoms with van der Waals surface area (Å²) in [7, 11) is 0. The maximum absolute atomic E-state index is 5.59. The molecule has 0 unspecified atom stereocenters. The molecule has 20 aromatic rings. The number of hydrogen-bond acceptors (Lipinski definition) is 6. The molecule has 10 nitrogen and oxygen atoms in total. The van der Waals surface area contributed by atoms with Gasteiger partial charge in [0.1, 0.15) is 11.6 Å². The molecule has 20 rings (SSSR count). The molecule has 0 aliphatic heterocycles. The van der Waals surface area contributed by atoms with E-state index in [0.29, 0.717) is 29.2 Å².